The van der Waals surface area contributed by atoms with Crippen molar-refractivity contribution in [1.82, 2.24) is 0 Å². The summed E-state index contributed by atoms with van der Waals surface area (Å²) in [4.78, 5) is 0. The van der Waals surface area contributed by atoms with E-state index in [1.807, 2.05) is 66.7 Å². The minimum atomic E-state index is -0.617. The molecule has 1 aliphatic heterocycles. The van der Waals surface area contributed by atoms with Crippen molar-refractivity contribution in [2.24, 2.45) is 0 Å². The Balaban J connectivity index is 1.60. The Labute approximate surface area is 142 Å². The van der Waals surface area contributed by atoms with Gasteiger partial charge in [-0.05, 0) is 23.3 Å². The molecular weight excluding hydrogens is 304 g/mol. The summed E-state index contributed by atoms with van der Waals surface area (Å²) in [6.07, 6.45) is 2.70. The van der Waals surface area contributed by atoms with Crippen molar-refractivity contribution < 1.29 is 19.3 Å². The second kappa shape index (κ2) is 8.11. The Bertz CT molecular complexity index is 651. The molecule has 0 amide bonds. The first-order chi connectivity index (χ1) is 11.8. The monoisotopic (exact) mass is 326 g/mol. The van der Waals surface area contributed by atoms with Gasteiger partial charge in [-0.2, -0.15) is 0 Å². The minimum absolute atomic E-state index is 0.251. The smallest absolute Gasteiger partial charge is 0.118 e. The molecule has 3 rings (SSSR count). The van der Waals surface area contributed by atoms with E-state index in [4.69, 9.17) is 14.2 Å². The summed E-state index contributed by atoms with van der Waals surface area (Å²) in [5, 5.41) is 10.1. The lowest BCUT2D eigenvalue weighted by Crippen LogP contribution is -2.32. The van der Waals surface area contributed by atoms with E-state index in [0.717, 1.165) is 16.9 Å². The van der Waals surface area contributed by atoms with Gasteiger partial charge in [0.1, 0.15) is 24.1 Å². The highest BCUT2D eigenvalue weighted by atomic mass is 16.6. The molecule has 1 N–H and O–H groups in total. The Kier molecular flexibility index (Phi) is 5.64. The number of aliphatic hydroxyl groups excluding tert-OH is 1. The van der Waals surface area contributed by atoms with Gasteiger partial charge in [0.05, 0.1) is 20.3 Å². The second-order valence-electron chi connectivity index (χ2n) is 5.76. The molecule has 0 radical (unpaired) electrons. The van der Waals surface area contributed by atoms with Crippen molar-refractivity contribution in [1.29, 1.82) is 0 Å². The van der Waals surface area contributed by atoms with E-state index in [2.05, 4.69) is 0 Å². The van der Waals surface area contributed by atoms with Crippen LogP contribution in [0.1, 0.15) is 11.1 Å². The Morgan fingerprint density at radius 3 is 2.58 bits per heavy atom. The molecule has 2 aromatic rings. The van der Waals surface area contributed by atoms with Gasteiger partial charge in [-0.15, -0.1) is 0 Å². The zero-order valence-electron chi connectivity index (χ0n) is 13.7. The van der Waals surface area contributed by atoms with Crippen LogP contribution in [0.2, 0.25) is 0 Å². The lowest BCUT2D eigenvalue weighted by Gasteiger charge is -2.19. The van der Waals surface area contributed by atoms with E-state index < -0.39 is 6.10 Å². The Hall–Kier alpha value is -2.14. The Morgan fingerprint density at radius 1 is 1.12 bits per heavy atom. The van der Waals surface area contributed by atoms with Crippen molar-refractivity contribution in [3.8, 4) is 5.75 Å². The number of hydrogen-bond acceptors (Lipinski definition) is 4. The van der Waals surface area contributed by atoms with Gasteiger partial charge in [-0.3, -0.25) is 0 Å². The van der Waals surface area contributed by atoms with Crippen LogP contribution in [-0.2, 0) is 16.1 Å². The first-order valence-electron chi connectivity index (χ1n) is 8.04. The number of rotatable bonds is 6. The van der Waals surface area contributed by atoms with E-state index >= 15 is 0 Å². The SMILES string of the molecule is COc1ccc(CO[C@@H]2[C@H](O)CO[C@H]2/C=C/c2ccccc2)cc1. The second-order valence-corrected chi connectivity index (χ2v) is 5.76. The summed E-state index contributed by atoms with van der Waals surface area (Å²) >= 11 is 0. The fourth-order valence-corrected chi connectivity index (χ4v) is 2.67. The maximum absolute atomic E-state index is 10.1. The number of aliphatic hydroxyl groups is 1. The van der Waals surface area contributed by atoms with Gasteiger partial charge in [-0.1, -0.05) is 54.6 Å². The van der Waals surface area contributed by atoms with Crippen LogP contribution in [0.25, 0.3) is 6.08 Å². The highest BCUT2D eigenvalue weighted by Gasteiger charge is 2.35. The van der Waals surface area contributed by atoms with Crippen molar-refractivity contribution in [3.05, 3.63) is 71.8 Å². The quantitative estimate of drug-likeness (QED) is 0.886. The van der Waals surface area contributed by atoms with Gasteiger partial charge in [0.2, 0.25) is 0 Å². The van der Waals surface area contributed by atoms with Crippen LogP contribution < -0.4 is 4.74 Å². The average molecular weight is 326 g/mol. The first kappa shape index (κ1) is 16.7. The normalized spacial score (nSPS) is 23.7. The maximum atomic E-state index is 10.1. The number of ether oxygens (including phenoxy) is 3. The zero-order valence-corrected chi connectivity index (χ0v) is 13.7. The molecule has 0 spiro atoms. The predicted molar refractivity (Wildman–Crippen MR) is 92.8 cm³/mol. The van der Waals surface area contributed by atoms with Crippen LogP contribution in [0.5, 0.6) is 5.75 Å². The fraction of sp³-hybridized carbons (Fsp3) is 0.300. The standard InChI is InChI=1S/C20H22O4/c1-22-17-10-7-16(8-11-17)13-24-20-18(21)14-23-19(20)12-9-15-5-3-2-4-6-15/h2-12,18-21H,13-14H2,1H3/b12-9+/t18-,19+,20-/m1/s1. The fourth-order valence-electron chi connectivity index (χ4n) is 2.67. The van der Waals surface area contributed by atoms with Crippen LogP contribution in [0, 0.1) is 0 Å². The number of methoxy groups -OCH3 is 1. The number of hydrogen-bond donors (Lipinski definition) is 1. The van der Waals surface area contributed by atoms with E-state index in [9.17, 15) is 5.11 Å². The average Bonchev–Trinajstić information content (AvgIpc) is 2.99. The third kappa shape index (κ3) is 4.23. The van der Waals surface area contributed by atoms with Crippen LogP contribution >= 0.6 is 0 Å². The minimum Gasteiger partial charge on any atom is -0.497 e. The zero-order chi connectivity index (χ0) is 16.8. The first-order valence-corrected chi connectivity index (χ1v) is 8.04. The lowest BCUT2D eigenvalue weighted by molar-refractivity contribution is -0.0336. The molecule has 1 heterocycles. The summed E-state index contributed by atoms with van der Waals surface area (Å²) in [7, 11) is 1.64. The number of benzene rings is 2. The maximum Gasteiger partial charge on any atom is 0.118 e. The highest BCUT2D eigenvalue weighted by Crippen LogP contribution is 2.22. The largest absolute Gasteiger partial charge is 0.497 e. The van der Waals surface area contributed by atoms with Gasteiger partial charge in [0.15, 0.2) is 0 Å². The lowest BCUT2D eigenvalue weighted by atomic mass is 10.1. The molecule has 1 fully saturated rings. The summed E-state index contributed by atoms with van der Waals surface area (Å²) in [5.74, 6) is 0.812. The molecule has 1 aliphatic rings. The molecule has 4 heteroatoms. The predicted octanol–water partition coefficient (Wildman–Crippen LogP) is 3.05. The van der Waals surface area contributed by atoms with Gasteiger partial charge in [0, 0.05) is 0 Å². The molecule has 0 unspecified atom stereocenters. The molecule has 2 aromatic carbocycles. The van der Waals surface area contributed by atoms with E-state index in [1.54, 1.807) is 7.11 Å². The van der Waals surface area contributed by atoms with Gasteiger partial charge < -0.3 is 19.3 Å². The molecule has 126 valence electrons. The molecule has 4 nitrogen and oxygen atoms in total. The van der Waals surface area contributed by atoms with Crippen LogP contribution in [0.3, 0.4) is 0 Å². The van der Waals surface area contributed by atoms with Crippen molar-refractivity contribution in [2.45, 2.75) is 24.9 Å². The summed E-state index contributed by atoms with van der Waals surface area (Å²) in [6, 6.07) is 17.7. The highest BCUT2D eigenvalue weighted by molar-refractivity contribution is 5.49. The van der Waals surface area contributed by atoms with Crippen molar-refractivity contribution in [3.63, 3.8) is 0 Å². The Morgan fingerprint density at radius 2 is 1.88 bits per heavy atom. The third-order valence-electron chi connectivity index (χ3n) is 4.04. The molecule has 0 saturated carbocycles. The van der Waals surface area contributed by atoms with Crippen LogP contribution in [0.15, 0.2) is 60.7 Å². The molecule has 1 saturated heterocycles. The topological polar surface area (TPSA) is 47.9 Å². The van der Waals surface area contributed by atoms with Crippen LogP contribution in [0.4, 0.5) is 0 Å². The third-order valence-corrected chi connectivity index (χ3v) is 4.04. The van der Waals surface area contributed by atoms with Gasteiger partial charge >= 0.3 is 0 Å². The molecule has 0 aliphatic carbocycles. The molecule has 24 heavy (non-hydrogen) atoms. The molecular formula is C20H22O4. The van der Waals surface area contributed by atoms with E-state index in [-0.39, 0.29) is 18.8 Å². The summed E-state index contributed by atoms with van der Waals surface area (Å²) in [6.45, 7) is 0.710. The molecule has 3 atom stereocenters. The van der Waals surface area contributed by atoms with Gasteiger partial charge in [0.25, 0.3) is 0 Å². The summed E-state index contributed by atoms with van der Waals surface area (Å²) < 4.78 is 16.7. The molecule has 0 aromatic heterocycles. The summed E-state index contributed by atoms with van der Waals surface area (Å²) in [5.41, 5.74) is 2.12. The molecule has 0 bridgehead atoms. The van der Waals surface area contributed by atoms with E-state index in [0.29, 0.717) is 6.61 Å². The van der Waals surface area contributed by atoms with E-state index in [1.165, 1.54) is 0 Å². The van der Waals surface area contributed by atoms with Gasteiger partial charge in [-0.25, -0.2) is 0 Å². The van der Waals surface area contributed by atoms with Crippen molar-refractivity contribution in [2.75, 3.05) is 13.7 Å². The van der Waals surface area contributed by atoms with Crippen molar-refractivity contribution >= 4 is 6.08 Å². The van der Waals surface area contributed by atoms with Crippen LogP contribution in [-0.4, -0.2) is 37.1 Å².